The zero-order chi connectivity index (χ0) is 32.4. The van der Waals surface area contributed by atoms with Crippen molar-refractivity contribution < 1.29 is 31.9 Å². The Morgan fingerprint density at radius 1 is 0.978 bits per heavy atom. The fourth-order valence-electron chi connectivity index (χ4n) is 5.00. The van der Waals surface area contributed by atoms with E-state index in [0.29, 0.717) is 10.5 Å². The molecule has 12 heteroatoms. The molecular formula is C33H33F3N3O4PS. The third kappa shape index (κ3) is 7.23. The lowest BCUT2D eigenvalue weighted by atomic mass is 10.0. The quantitative estimate of drug-likeness (QED) is 0.0842. The Morgan fingerprint density at radius 2 is 1.62 bits per heavy atom. The highest BCUT2D eigenvalue weighted by Crippen LogP contribution is 2.72. The van der Waals surface area contributed by atoms with Gasteiger partial charge in [-0.3, -0.25) is 4.57 Å². The number of hydrogen-bond acceptors (Lipinski definition) is 5. The maximum atomic E-state index is 15.0. The van der Waals surface area contributed by atoms with E-state index in [1.807, 2.05) is 55.5 Å². The Morgan fingerprint density at radius 3 is 2.24 bits per heavy atom. The number of alkyl halides is 2. The van der Waals surface area contributed by atoms with Gasteiger partial charge >= 0.3 is 5.66 Å². The second kappa shape index (κ2) is 13.3. The van der Waals surface area contributed by atoms with Crippen LogP contribution in [-0.2, 0) is 34.3 Å². The lowest BCUT2D eigenvalue weighted by Gasteiger charge is -2.25. The Kier molecular flexibility index (Phi) is 9.65. The Bertz CT molecular complexity index is 1780. The minimum absolute atomic E-state index is 0.0311. The van der Waals surface area contributed by atoms with Crippen molar-refractivity contribution in [3.63, 3.8) is 0 Å². The number of benzene rings is 4. The standard InChI is InChI=1S/C33H33F3N3O4PS/c1-22(38-37-2)26-4-3-5-27(19-26)25-9-6-23(7-10-25)20-39(45(43)30-15-11-28(34)12-16-30)21-24-8-17-31(32(40)18-24)33(35,36)44(41,42)29-13-14-29/h3-12,15-19,29,37,40H,13-14,20-21H2,1-2H3,(H,41,42)/b38-22+. The zero-order valence-corrected chi connectivity index (χ0v) is 26.4. The van der Waals surface area contributed by atoms with Crippen LogP contribution in [0.3, 0.4) is 0 Å². The van der Waals surface area contributed by atoms with E-state index in [9.17, 15) is 23.2 Å². The van der Waals surface area contributed by atoms with Gasteiger partial charge in [0.25, 0.3) is 7.37 Å². The SMILES string of the molecule is CN/N=C(\C)c1cccc(-c2ccc(CN(Cc3ccc(C(F)(F)P(=O)(O)C4CC4)c(O)c3)S(=O)c3ccc(F)cc3)cc2)c1. The second-order valence-corrected chi connectivity index (χ2v) is 15.0. The summed E-state index contributed by atoms with van der Waals surface area (Å²) in [5, 5.41) is 14.8. The summed E-state index contributed by atoms with van der Waals surface area (Å²) in [5.41, 5.74) is 1.69. The third-order valence-electron chi connectivity index (χ3n) is 7.65. The second-order valence-electron chi connectivity index (χ2n) is 10.9. The molecule has 0 aliphatic heterocycles. The number of rotatable bonds is 12. The van der Waals surface area contributed by atoms with Crippen LogP contribution in [0, 0.1) is 5.82 Å². The lowest BCUT2D eigenvalue weighted by Crippen LogP contribution is -2.25. The maximum Gasteiger partial charge on any atom is 0.350 e. The first-order chi connectivity index (χ1) is 21.4. The summed E-state index contributed by atoms with van der Waals surface area (Å²) in [4.78, 5) is 10.5. The van der Waals surface area contributed by atoms with Crippen molar-refractivity contribution >= 4 is 24.1 Å². The van der Waals surface area contributed by atoms with Gasteiger partial charge in [-0.25, -0.2) is 12.9 Å². The van der Waals surface area contributed by atoms with Gasteiger partial charge in [0.2, 0.25) is 0 Å². The van der Waals surface area contributed by atoms with Gasteiger partial charge in [-0.05, 0) is 90.0 Å². The molecule has 1 fully saturated rings. The highest BCUT2D eigenvalue weighted by atomic mass is 32.2. The highest BCUT2D eigenvalue weighted by molar-refractivity contribution is 7.82. The first-order valence-corrected chi connectivity index (χ1v) is 17.1. The van der Waals surface area contributed by atoms with Gasteiger partial charge in [0.05, 0.1) is 16.2 Å². The largest absolute Gasteiger partial charge is 0.507 e. The minimum Gasteiger partial charge on any atom is -0.507 e. The van der Waals surface area contributed by atoms with Crippen molar-refractivity contribution in [1.29, 1.82) is 0 Å². The van der Waals surface area contributed by atoms with Crippen LogP contribution < -0.4 is 5.43 Å². The average Bonchev–Trinajstić information content (AvgIpc) is 3.88. The van der Waals surface area contributed by atoms with E-state index >= 15 is 8.78 Å². The normalized spacial score (nSPS) is 15.9. The monoisotopic (exact) mass is 655 g/mol. The van der Waals surface area contributed by atoms with Crippen molar-refractivity contribution in [3.8, 4) is 16.9 Å². The molecule has 0 aromatic heterocycles. The van der Waals surface area contributed by atoms with Crippen LogP contribution in [0.1, 0.15) is 42.0 Å². The van der Waals surface area contributed by atoms with Gasteiger partial charge < -0.3 is 15.4 Å². The number of phenols is 1. The molecule has 0 radical (unpaired) electrons. The molecule has 1 saturated carbocycles. The molecule has 3 N–H and O–H groups in total. The smallest absolute Gasteiger partial charge is 0.350 e. The maximum absolute atomic E-state index is 15.0. The molecule has 1 aliphatic rings. The fraction of sp³-hybridized carbons (Fsp3) is 0.242. The number of aromatic hydroxyl groups is 1. The predicted octanol–water partition coefficient (Wildman–Crippen LogP) is 7.35. The fourth-order valence-corrected chi connectivity index (χ4v) is 8.04. The van der Waals surface area contributed by atoms with Crippen molar-refractivity contribution in [1.82, 2.24) is 9.73 Å². The van der Waals surface area contributed by atoms with E-state index < -0.39 is 46.8 Å². The first-order valence-electron chi connectivity index (χ1n) is 14.3. The highest BCUT2D eigenvalue weighted by Gasteiger charge is 2.59. The summed E-state index contributed by atoms with van der Waals surface area (Å²) in [6, 6.07) is 24.2. The van der Waals surface area contributed by atoms with Gasteiger partial charge in [-0.2, -0.15) is 13.9 Å². The molecule has 5 rings (SSSR count). The van der Waals surface area contributed by atoms with Gasteiger partial charge in [0.15, 0.2) is 0 Å². The number of nitrogens with one attached hydrogen (secondary N) is 1. The van der Waals surface area contributed by atoms with E-state index in [1.165, 1.54) is 30.3 Å². The number of hydrazone groups is 1. The van der Waals surface area contributed by atoms with Gasteiger partial charge in [0, 0.05) is 25.8 Å². The molecule has 45 heavy (non-hydrogen) atoms. The predicted molar refractivity (Wildman–Crippen MR) is 170 cm³/mol. The molecule has 2 atom stereocenters. The van der Waals surface area contributed by atoms with E-state index in [4.69, 9.17) is 0 Å². The summed E-state index contributed by atoms with van der Waals surface area (Å²) < 4.78 is 71.4. The zero-order valence-electron chi connectivity index (χ0n) is 24.7. The molecule has 236 valence electrons. The number of halogens is 3. The van der Waals surface area contributed by atoms with Crippen LogP contribution in [0.25, 0.3) is 11.1 Å². The van der Waals surface area contributed by atoms with Crippen LogP contribution in [0.15, 0.2) is 101 Å². The molecule has 2 unspecified atom stereocenters. The van der Waals surface area contributed by atoms with Crippen molar-refractivity contribution in [3.05, 3.63) is 119 Å². The van der Waals surface area contributed by atoms with Crippen LogP contribution in [-0.4, -0.2) is 36.9 Å². The molecule has 4 aromatic rings. The minimum atomic E-state index is -4.88. The van der Waals surface area contributed by atoms with Crippen molar-refractivity contribution in [2.75, 3.05) is 7.05 Å². The molecular weight excluding hydrogens is 622 g/mol. The number of hydrogen-bond donors (Lipinski definition) is 3. The van der Waals surface area contributed by atoms with Crippen LogP contribution in [0.2, 0.25) is 0 Å². The van der Waals surface area contributed by atoms with Crippen LogP contribution in [0.4, 0.5) is 13.2 Å². The van der Waals surface area contributed by atoms with Crippen LogP contribution >= 0.6 is 7.37 Å². The molecule has 7 nitrogen and oxygen atoms in total. The van der Waals surface area contributed by atoms with Crippen molar-refractivity contribution in [2.24, 2.45) is 5.10 Å². The van der Waals surface area contributed by atoms with E-state index in [0.717, 1.165) is 40.1 Å². The molecule has 0 amide bonds. The Hall–Kier alpha value is -3.76. The number of nitrogens with zero attached hydrogens (tertiary/aromatic N) is 2. The topological polar surface area (TPSA) is 102 Å². The summed E-state index contributed by atoms with van der Waals surface area (Å²) in [5.74, 6) is -1.30. The molecule has 0 saturated heterocycles. The first kappa shape index (κ1) is 32.6. The molecule has 0 spiro atoms. The van der Waals surface area contributed by atoms with E-state index in [-0.39, 0.29) is 25.9 Å². The van der Waals surface area contributed by atoms with Gasteiger partial charge in [-0.1, -0.05) is 48.5 Å². The summed E-state index contributed by atoms with van der Waals surface area (Å²) in [6.07, 6.45) is 0.482. The molecule has 1 aliphatic carbocycles. The lowest BCUT2D eigenvalue weighted by molar-refractivity contribution is 0.0710. The van der Waals surface area contributed by atoms with E-state index in [1.54, 1.807) is 11.4 Å². The summed E-state index contributed by atoms with van der Waals surface area (Å²) in [6.45, 7) is 2.05. The van der Waals surface area contributed by atoms with Crippen molar-refractivity contribution in [2.45, 2.75) is 49.1 Å². The number of phenolic OH excluding ortho intramolecular Hbond substituents is 1. The molecule has 4 aromatic carbocycles. The summed E-state index contributed by atoms with van der Waals surface area (Å²) in [7, 11) is -4.94. The Labute approximate surface area is 262 Å². The summed E-state index contributed by atoms with van der Waals surface area (Å²) >= 11 is 0. The average molecular weight is 656 g/mol. The van der Waals surface area contributed by atoms with E-state index in [2.05, 4.69) is 10.5 Å². The van der Waals surface area contributed by atoms with Gasteiger partial charge in [0.1, 0.15) is 22.6 Å². The Balaban J connectivity index is 1.40. The molecule has 0 heterocycles. The third-order valence-corrected chi connectivity index (χ3v) is 11.6. The van der Waals surface area contributed by atoms with Gasteiger partial charge in [-0.15, -0.1) is 0 Å². The van der Waals surface area contributed by atoms with Crippen LogP contribution in [0.5, 0.6) is 5.75 Å². The molecule has 0 bridgehead atoms.